The Kier molecular flexibility index (Phi) is 7.81. The van der Waals surface area contributed by atoms with E-state index in [1.165, 1.54) is 22.4 Å². The van der Waals surface area contributed by atoms with Crippen LogP contribution in [0.2, 0.25) is 0 Å². The summed E-state index contributed by atoms with van der Waals surface area (Å²) in [5, 5.41) is 3.35. The van der Waals surface area contributed by atoms with Crippen molar-refractivity contribution in [3.05, 3.63) is 53.1 Å². The molecule has 1 aliphatic rings. The van der Waals surface area contributed by atoms with Crippen LogP contribution in [-0.4, -0.2) is 38.8 Å². The fraction of sp³-hybridized carbons (Fsp3) is 0.455. The Morgan fingerprint density at radius 2 is 1.74 bits per heavy atom. The molecule has 148 valence electrons. The van der Waals surface area contributed by atoms with Gasteiger partial charge < -0.3 is 14.8 Å². The molecule has 0 aliphatic carbocycles. The first-order chi connectivity index (χ1) is 12.7. The number of anilines is 1. The van der Waals surface area contributed by atoms with Crippen LogP contribution >= 0.6 is 12.4 Å². The summed E-state index contributed by atoms with van der Waals surface area (Å²) in [6.45, 7) is 7.51. The summed E-state index contributed by atoms with van der Waals surface area (Å²) in [6, 6.07) is 13.5. The lowest BCUT2D eigenvalue weighted by Crippen LogP contribution is -2.35. The molecule has 1 N–H and O–H groups in total. The number of hydrogen-bond donors (Lipinski definition) is 1. The Labute approximate surface area is 169 Å². The number of nitrogens with one attached hydrogen (secondary N) is 1. The number of benzene rings is 2. The molecule has 2 aromatic carbocycles. The highest BCUT2D eigenvalue weighted by Crippen LogP contribution is 2.37. The smallest absolute Gasteiger partial charge is 0.161 e. The second-order valence-electron chi connectivity index (χ2n) is 6.85. The van der Waals surface area contributed by atoms with E-state index >= 15 is 0 Å². The molecule has 0 radical (unpaired) electrons. The first-order valence-corrected chi connectivity index (χ1v) is 9.48. The molecule has 1 heterocycles. The van der Waals surface area contributed by atoms with Gasteiger partial charge in [-0.15, -0.1) is 12.4 Å². The molecule has 0 bridgehead atoms. The lowest BCUT2D eigenvalue weighted by molar-refractivity contribution is 0.200. The fourth-order valence-corrected chi connectivity index (χ4v) is 3.77. The third-order valence-corrected chi connectivity index (χ3v) is 5.33. The van der Waals surface area contributed by atoms with Crippen molar-refractivity contribution in [2.24, 2.45) is 0 Å². The molecule has 0 saturated carbocycles. The summed E-state index contributed by atoms with van der Waals surface area (Å²) >= 11 is 0. The van der Waals surface area contributed by atoms with Crippen LogP contribution in [0.25, 0.3) is 0 Å². The van der Waals surface area contributed by atoms with Crippen molar-refractivity contribution >= 4 is 18.1 Å². The number of halogens is 1. The van der Waals surface area contributed by atoms with E-state index in [2.05, 4.69) is 60.5 Å². The fourth-order valence-electron chi connectivity index (χ4n) is 3.77. The average Bonchev–Trinajstić information content (AvgIpc) is 2.68. The van der Waals surface area contributed by atoms with Crippen molar-refractivity contribution < 1.29 is 9.47 Å². The predicted molar refractivity (Wildman–Crippen MR) is 115 cm³/mol. The van der Waals surface area contributed by atoms with Crippen LogP contribution < -0.4 is 14.8 Å². The molecule has 3 rings (SSSR count). The molecule has 1 unspecified atom stereocenters. The second-order valence-corrected chi connectivity index (χ2v) is 6.85. The molecule has 0 amide bonds. The average molecular weight is 391 g/mol. The highest BCUT2D eigenvalue weighted by molar-refractivity contribution is 5.85. The van der Waals surface area contributed by atoms with E-state index < -0.39 is 0 Å². The minimum atomic E-state index is 0. The van der Waals surface area contributed by atoms with Gasteiger partial charge in [0, 0.05) is 31.4 Å². The highest BCUT2D eigenvalue weighted by Gasteiger charge is 2.25. The van der Waals surface area contributed by atoms with Gasteiger partial charge in [-0.25, -0.2) is 0 Å². The van der Waals surface area contributed by atoms with E-state index in [1.54, 1.807) is 14.2 Å². The summed E-state index contributed by atoms with van der Waals surface area (Å²) < 4.78 is 10.9. The number of ether oxygens (including phenoxy) is 2. The molecule has 0 spiro atoms. The van der Waals surface area contributed by atoms with Gasteiger partial charge in [0.05, 0.1) is 14.2 Å². The standard InChI is InChI=1S/C22H30N2O2.ClH/c1-5-23-19-8-6-17(7-9-19)10-12-24-13-11-18-14-21(25-3)22(26-4)15-20(18)16(24)2;/h6-9,14-16,23H,5,10-13H2,1-4H3;1H. The Balaban J connectivity index is 0.00000261. The van der Waals surface area contributed by atoms with E-state index in [9.17, 15) is 0 Å². The van der Waals surface area contributed by atoms with Crippen molar-refractivity contribution in [2.75, 3.05) is 39.2 Å². The first kappa shape index (κ1) is 21.4. The van der Waals surface area contributed by atoms with E-state index in [1.807, 2.05) is 0 Å². The molecule has 2 aromatic rings. The van der Waals surface area contributed by atoms with E-state index in [-0.39, 0.29) is 12.4 Å². The molecule has 0 fully saturated rings. The summed E-state index contributed by atoms with van der Waals surface area (Å²) in [4.78, 5) is 2.56. The number of rotatable bonds is 7. The highest BCUT2D eigenvalue weighted by atomic mass is 35.5. The van der Waals surface area contributed by atoms with Gasteiger partial charge in [0.1, 0.15) is 0 Å². The van der Waals surface area contributed by atoms with Crippen molar-refractivity contribution in [2.45, 2.75) is 32.7 Å². The van der Waals surface area contributed by atoms with Crippen molar-refractivity contribution in [3.63, 3.8) is 0 Å². The Morgan fingerprint density at radius 1 is 1.07 bits per heavy atom. The molecule has 27 heavy (non-hydrogen) atoms. The molecule has 0 aromatic heterocycles. The second kappa shape index (κ2) is 9.86. The van der Waals surface area contributed by atoms with Gasteiger partial charge in [-0.05, 0) is 67.6 Å². The van der Waals surface area contributed by atoms with Gasteiger partial charge in [-0.2, -0.15) is 0 Å². The SMILES string of the molecule is CCNc1ccc(CCN2CCc3cc(OC)c(OC)cc3C2C)cc1.Cl. The number of hydrogen-bond acceptors (Lipinski definition) is 4. The molecule has 0 saturated heterocycles. The molecular weight excluding hydrogens is 360 g/mol. The zero-order chi connectivity index (χ0) is 18.5. The van der Waals surface area contributed by atoms with Crippen molar-refractivity contribution in [1.82, 2.24) is 4.90 Å². The minimum Gasteiger partial charge on any atom is -0.493 e. The van der Waals surface area contributed by atoms with Crippen LogP contribution in [0, 0.1) is 0 Å². The molecule has 4 nitrogen and oxygen atoms in total. The molecule has 5 heteroatoms. The van der Waals surface area contributed by atoms with Crippen LogP contribution in [0.1, 0.15) is 36.6 Å². The largest absolute Gasteiger partial charge is 0.493 e. The third kappa shape index (κ3) is 4.88. The number of fused-ring (bicyclic) bond motifs is 1. The van der Waals surface area contributed by atoms with Crippen molar-refractivity contribution in [3.8, 4) is 11.5 Å². The van der Waals surface area contributed by atoms with Gasteiger partial charge in [-0.3, -0.25) is 4.90 Å². The van der Waals surface area contributed by atoms with Gasteiger partial charge >= 0.3 is 0 Å². The summed E-state index contributed by atoms with van der Waals surface area (Å²) in [5.41, 5.74) is 5.31. The Morgan fingerprint density at radius 3 is 2.37 bits per heavy atom. The van der Waals surface area contributed by atoms with E-state index in [0.717, 1.165) is 44.0 Å². The Hall–Kier alpha value is -1.91. The maximum Gasteiger partial charge on any atom is 0.161 e. The summed E-state index contributed by atoms with van der Waals surface area (Å²) in [5.74, 6) is 1.65. The van der Waals surface area contributed by atoms with Crippen LogP contribution in [0.15, 0.2) is 36.4 Å². The zero-order valence-electron chi connectivity index (χ0n) is 16.7. The molecule has 1 atom stereocenters. The van der Waals surface area contributed by atoms with Crippen LogP contribution in [0.3, 0.4) is 0 Å². The minimum absolute atomic E-state index is 0. The summed E-state index contributed by atoms with van der Waals surface area (Å²) in [7, 11) is 3.40. The van der Waals surface area contributed by atoms with Crippen LogP contribution in [-0.2, 0) is 12.8 Å². The maximum absolute atomic E-state index is 5.50. The molecule has 1 aliphatic heterocycles. The van der Waals surface area contributed by atoms with Crippen LogP contribution in [0.5, 0.6) is 11.5 Å². The first-order valence-electron chi connectivity index (χ1n) is 9.48. The van der Waals surface area contributed by atoms with E-state index in [0.29, 0.717) is 6.04 Å². The topological polar surface area (TPSA) is 33.7 Å². The van der Waals surface area contributed by atoms with Gasteiger partial charge in [-0.1, -0.05) is 12.1 Å². The molecular formula is C22H31ClN2O2. The predicted octanol–water partition coefficient (Wildman–Crippen LogP) is 4.72. The lowest BCUT2D eigenvalue weighted by Gasteiger charge is -2.35. The van der Waals surface area contributed by atoms with Gasteiger partial charge in [0.25, 0.3) is 0 Å². The summed E-state index contributed by atoms with van der Waals surface area (Å²) in [6.07, 6.45) is 2.12. The van der Waals surface area contributed by atoms with Gasteiger partial charge in [0.2, 0.25) is 0 Å². The van der Waals surface area contributed by atoms with Gasteiger partial charge in [0.15, 0.2) is 11.5 Å². The third-order valence-electron chi connectivity index (χ3n) is 5.33. The maximum atomic E-state index is 5.50. The van der Waals surface area contributed by atoms with Crippen LogP contribution in [0.4, 0.5) is 5.69 Å². The zero-order valence-corrected chi connectivity index (χ0v) is 17.6. The monoisotopic (exact) mass is 390 g/mol. The number of nitrogens with zero attached hydrogens (tertiary/aromatic N) is 1. The Bertz CT molecular complexity index is 734. The van der Waals surface area contributed by atoms with E-state index in [4.69, 9.17) is 9.47 Å². The normalized spacial score (nSPS) is 16.2. The van der Waals surface area contributed by atoms with Crippen molar-refractivity contribution in [1.29, 1.82) is 0 Å². The lowest BCUT2D eigenvalue weighted by atomic mass is 9.92. The number of methoxy groups -OCH3 is 2. The quantitative estimate of drug-likeness (QED) is 0.741.